The van der Waals surface area contributed by atoms with Gasteiger partial charge in [0.15, 0.2) is 0 Å². The van der Waals surface area contributed by atoms with Crippen LogP contribution in [-0.4, -0.2) is 22.0 Å². The molecule has 0 saturated carbocycles. The van der Waals surface area contributed by atoms with Crippen LogP contribution in [0.1, 0.15) is 26.4 Å². The Morgan fingerprint density at radius 1 is 1.25 bits per heavy atom. The smallest absolute Gasteiger partial charge is 0.339 e. The third-order valence-corrected chi connectivity index (χ3v) is 5.25. The van der Waals surface area contributed by atoms with Crippen LogP contribution in [0.5, 0.6) is 0 Å². The van der Waals surface area contributed by atoms with Crippen molar-refractivity contribution >= 4 is 40.2 Å². The molecule has 0 radical (unpaired) electrons. The Morgan fingerprint density at radius 2 is 2.04 bits per heavy atom. The lowest BCUT2D eigenvalue weighted by atomic mass is 10.2. The van der Waals surface area contributed by atoms with E-state index in [9.17, 15) is 19.1 Å². The molecule has 2 heterocycles. The first-order chi connectivity index (χ1) is 11.5. The predicted octanol–water partition coefficient (Wildman–Crippen LogP) is 4.27. The van der Waals surface area contributed by atoms with Crippen LogP contribution in [0.25, 0.3) is 9.88 Å². The zero-order valence-corrected chi connectivity index (χ0v) is 14.0. The predicted molar refractivity (Wildman–Crippen MR) is 91.5 cm³/mol. The summed E-state index contributed by atoms with van der Waals surface area (Å²) >= 11 is 2.53. The molecule has 0 aliphatic heterocycles. The highest BCUT2D eigenvalue weighted by molar-refractivity contribution is 7.20. The lowest BCUT2D eigenvalue weighted by molar-refractivity contribution is 0.0699. The maximum atomic E-state index is 13.2. The molecule has 2 N–H and O–H groups in total. The van der Waals surface area contributed by atoms with Crippen LogP contribution in [0.2, 0.25) is 0 Å². The average molecular weight is 362 g/mol. The van der Waals surface area contributed by atoms with E-state index in [1.165, 1.54) is 40.9 Å². The number of carbonyl (C=O) groups excluding carboxylic acids is 1. The average Bonchev–Trinajstić information content (AvgIpc) is 3.13. The maximum absolute atomic E-state index is 13.2. The number of nitrogens with zero attached hydrogens (tertiary/aromatic N) is 1. The highest BCUT2D eigenvalue weighted by Crippen LogP contribution is 2.37. The molecule has 122 valence electrons. The number of nitrogens with one attached hydrogen (secondary N) is 1. The molecule has 8 heteroatoms. The van der Waals surface area contributed by atoms with Crippen molar-refractivity contribution in [2.24, 2.45) is 0 Å². The summed E-state index contributed by atoms with van der Waals surface area (Å²) in [4.78, 5) is 28.6. The van der Waals surface area contributed by atoms with E-state index in [0.717, 1.165) is 11.8 Å². The minimum absolute atomic E-state index is 0.0147. The van der Waals surface area contributed by atoms with Crippen LogP contribution in [0.3, 0.4) is 0 Å². The van der Waals surface area contributed by atoms with Crippen molar-refractivity contribution in [1.82, 2.24) is 4.98 Å². The first kappa shape index (κ1) is 16.3. The number of aryl methyl sites for hydroxylation is 1. The number of rotatable bonds is 4. The molecular formula is C16H11FN2O3S2. The number of carbonyl (C=O) groups is 2. The number of hydrogen-bond acceptors (Lipinski definition) is 5. The largest absolute Gasteiger partial charge is 0.478 e. The van der Waals surface area contributed by atoms with E-state index in [4.69, 9.17) is 0 Å². The number of thiophene rings is 1. The fourth-order valence-corrected chi connectivity index (χ4v) is 4.01. The molecule has 1 amide bonds. The Kier molecular flexibility index (Phi) is 4.41. The van der Waals surface area contributed by atoms with Gasteiger partial charge in [0.2, 0.25) is 0 Å². The summed E-state index contributed by atoms with van der Waals surface area (Å²) in [6, 6.07) is 5.19. The SMILES string of the molecule is Cc1csc(-c2scc(NC(=O)c3cccc(F)c3)c2C(=O)O)n1. The van der Waals surface area contributed by atoms with Gasteiger partial charge in [0.05, 0.1) is 10.6 Å². The van der Waals surface area contributed by atoms with Crippen LogP contribution in [0.15, 0.2) is 35.0 Å². The van der Waals surface area contributed by atoms with Crippen molar-refractivity contribution in [3.8, 4) is 9.88 Å². The topological polar surface area (TPSA) is 79.3 Å². The van der Waals surface area contributed by atoms with Crippen LogP contribution in [-0.2, 0) is 0 Å². The van der Waals surface area contributed by atoms with Crippen molar-refractivity contribution < 1.29 is 19.1 Å². The highest BCUT2D eigenvalue weighted by Gasteiger charge is 2.23. The second-order valence-electron chi connectivity index (χ2n) is 4.92. The number of thiazole rings is 1. The molecule has 0 fully saturated rings. The molecule has 0 saturated heterocycles. The second kappa shape index (κ2) is 6.50. The highest BCUT2D eigenvalue weighted by atomic mass is 32.1. The van der Waals surface area contributed by atoms with E-state index in [1.54, 1.807) is 5.38 Å². The number of carboxylic acid groups (broad SMARTS) is 1. The van der Waals surface area contributed by atoms with Gasteiger partial charge in [-0.15, -0.1) is 22.7 Å². The number of anilines is 1. The van der Waals surface area contributed by atoms with E-state index >= 15 is 0 Å². The molecule has 0 spiro atoms. The molecule has 3 aromatic rings. The molecular weight excluding hydrogens is 351 g/mol. The fourth-order valence-electron chi connectivity index (χ4n) is 2.10. The quantitative estimate of drug-likeness (QED) is 0.726. The first-order valence-corrected chi connectivity index (χ1v) is 8.56. The van der Waals surface area contributed by atoms with Gasteiger partial charge in [-0.3, -0.25) is 4.79 Å². The number of amides is 1. The normalized spacial score (nSPS) is 10.6. The van der Waals surface area contributed by atoms with Crippen molar-refractivity contribution in [3.05, 3.63) is 57.7 Å². The number of aromatic nitrogens is 1. The Bertz CT molecular complexity index is 933. The van der Waals surface area contributed by atoms with Crippen LogP contribution >= 0.6 is 22.7 Å². The summed E-state index contributed by atoms with van der Waals surface area (Å²) in [6.07, 6.45) is 0. The molecule has 24 heavy (non-hydrogen) atoms. The molecule has 0 aliphatic rings. The molecule has 3 rings (SSSR count). The van der Waals surface area contributed by atoms with Crippen molar-refractivity contribution in [2.75, 3.05) is 5.32 Å². The number of halogens is 1. The summed E-state index contributed by atoms with van der Waals surface area (Å²) < 4.78 is 13.2. The molecule has 0 bridgehead atoms. The van der Waals surface area contributed by atoms with Crippen molar-refractivity contribution in [2.45, 2.75) is 6.92 Å². The Labute approximate surface area is 144 Å². The molecule has 0 aliphatic carbocycles. The van der Waals surface area contributed by atoms with Gasteiger partial charge >= 0.3 is 5.97 Å². The van der Waals surface area contributed by atoms with Gasteiger partial charge in [0.25, 0.3) is 5.91 Å². The first-order valence-electron chi connectivity index (χ1n) is 6.80. The third-order valence-electron chi connectivity index (χ3n) is 3.15. The number of carboxylic acids is 1. The van der Waals surface area contributed by atoms with Crippen molar-refractivity contribution in [1.29, 1.82) is 0 Å². The maximum Gasteiger partial charge on any atom is 0.339 e. The van der Waals surface area contributed by atoms with Gasteiger partial charge < -0.3 is 10.4 Å². The second-order valence-corrected chi connectivity index (χ2v) is 6.65. The summed E-state index contributed by atoms with van der Waals surface area (Å²) in [6.45, 7) is 1.82. The van der Waals surface area contributed by atoms with Crippen molar-refractivity contribution in [3.63, 3.8) is 0 Å². The minimum atomic E-state index is -1.16. The van der Waals surface area contributed by atoms with Gasteiger partial charge in [0.1, 0.15) is 16.4 Å². The Balaban J connectivity index is 1.95. The lowest BCUT2D eigenvalue weighted by Crippen LogP contribution is -2.14. The van der Waals surface area contributed by atoms with E-state index in [0.29, 0.717) is 9.88 Å². The number of aromatic carboxylic acids is 1. The molecule has 2 aromatic heterocycles. The molecule has 0 unspecified atom stereocenters. The van der Waals surface area contributed by atoms with E-state index in [2.05, 4.69) is 10.3 Å². The summed E-state index contributed by atoms with van der Waals surface area (Å²) in [5, 5.41) is 16.0. The monoisotopic (exact) mass is 362 g/mol. The van der Waals surface area contributed by atoms with E-state index in [-0.39, 0.29) is 16.8 Å². The fraction of sp³-hybridized carbons (Fsp3) is 0.0625. The Morgan fingerprint density at radius 3 is 2.67 bits per heavy atom. The number of benzene rings is 1. The molecule has 5 nitrogen and oxygen atoms in total. The van der Waals surface area contributed by atoms with Gasteiger partial charge in [-0.05, 0) is 25.1 Å². The van der Waals surface area contributed by atoms with Gasteiger partial charge in [-0.1, -0.05) is 6.07 Å². The lowest BCUT2D eigenvalue weighted by Gasteiger charge is -2.05. The number of hydrogen-bond donors (Lipinski definition) is 2. The van der Waals surface area contributed by atoms with Gasteiger partial charge in [-0.2, -0.15) is 0 Å². The van der Waals surface area contributed by atoms with Gasteiger partial charge in [-0.25, -0.2) is 14.2 Å². The summed E-state index contributed by atoms with van der Waals surface area (Å²) in [7, 11) is 0. The summed E-state index contributed by atoms with van der Waals surface area (Å²) in [5.41, 5.74) is 1.07. The van der Waals surface area contributed by atoms with Gasteiger partial charge in [0, 0.05) is 22.0 Å². The zero-order valence-electron chi connectivity index (χ0n) is 12.4. The minimum Gasteiger partial charge on any atom is -0.478 e. The Hall–Kier alpha value is -2.58. The van der Waals surface area contributed by atoms with Crippen LogP contribution in [0.4, 0.5) is 10.1 Å². The van der Waals surface area contributed by atoms with E-state index < -0.39 is 17.7 Å². The zero-order chi connectivity index (χ0) is 17.3. The standard InChI is InChI=1S/C16H11FN2O3S2/c1-8-6-24-15(18-8)13-12(16(21)22)11(7-23-13)19-14(20)9-3-2-4-10(17)5-9/h2-7H,1H3,(H,19,20)(H,21,22). The summed E-state index contributed by atoms with van der Waals surface area (Å²) in [5.74, 6) is -2.27. The van der Waals surface area contributed by atoms with E-state index in [1.807, 2.05) is 12.3 Å². The molecule has 0 atom stereocenters. The molecule has 1 aromatic carbocycles. The third kappa shape index (κ3) is 3.19. The van der Waals surface area contributed by atoms with Crippen LogP contribution in [0, 0.1) is 12.7 Å². The van der Waals surface area contributed by atoms with Crippen LogP contribution < -0.4 is 5.32 Å².